The number of benzene rings is 1. The summed E-state index contributed by atoms with van der Waals surface area (Å²) in [6, 6.07) is 4.27. The minimum atomic E-state index is -0.382. The largest absolute Gasteiger partial charge is 0.370 e. The van der Waals surface area contributed by atoms with Gasteiger partial charge in [0.2, 0.25) is 5.91 Å². The van der Waals surface area contributed by atoms with Crippen molar-refractivity contribution in [1.29, 1.82) is 0 Å². The van der Waals surface area contributed by atoms with Crippen molar-refractivity contribution < 1.29 is 14.0 Å². The summed E-state index contributed by atoms with van der Waals surface area (Å²) in [6.07, 6.45) is 7.91. The lowest BCUT2D eigenvalue weighted by atomic mass is 9.98. The molecule has 1 aliphatic carbocycles. The first kappa shape index (κ1) is 17.5. The summed E-state index contributed by atoms with van der Waals surface area (Å²) in [5.74, 6) is -0.975. The van der Waals surface area contributed by atoms with Gasteiger partial charge in [-0.3, -0.25) is 9.59 Å². The van der Waals surface area contributed by atoms with Gasteiger partial charge in [0.05, 0.1) is 5.57 Å². The van der Waals surface area contributed by atoms with Crippen LogP contribution in [0.3, 0.4) is 0 Å². The van der Waals surface area contributed by atoms with E-state index in [-0.39, 0.29) is 24.1 Å². The Morgan fingerprint density at radius 2 is 2.04 bits per heavy atom. The molecule has 4 N–H and O–H groups in total. The number of amides is 2. The van der Waals surface area contributed by atoms with E-state index in [2.05, 4.69) is 10.3 Å². The molecule has 2 aliphatic rings. The van der Waals surface area contributed by atoms with Crippen molar-refractivity contribution in [2.24, 2.45) is 5.73 Å². The summed E-state index contributed by atoms with van der Waals surface area (Å²) in [5, 5.41) is 2.77. The minimum absolute atomic E-state index is 0.249. The zero-order chi connectivity index (χ0) is 19.0. The molecule has 0 saturated carbocycles. The molecule has 0 bridgehead atoms. The molecule has 2 amide bonds. The van der Waals surface area contributed by atoms with Gasteiger partial charge in [-0.2, -0.15) is 0 Å². The van der Waals surface area contributed by atoms with Crippen molar-refractivity contribution >= 4 is 29.2 Å². The van der Waals surface area contributed by atoms with Crippen LogP contribution in [0, 0.1) is 5.82 Å². The number of halogens is 1. The first-order chi connectivity index (χ1) is 13.0. The summed E-state index contributed by atoms with van der Waals surface area (Å²) in [5.41, 5.74) is 11.3. The van der Waals surface area contributed by atoms with Crippen molar-refractivity contribution in [2.75, 3.05) is 5.32 Å². The van der Waals surface area contributed by atoms with Crippen LogP contribution < -0.4 is 11.1 Å². The molecule has 1 aromatic heterocycles. The molecule has 4 rings (SSSR count). The van der Waals surface area contributed by atoms with Gasteiger partial charge < -0.3 is 16.0 Å². The smallest absolute Gasteiger partial charge is 0.256 e. The Hall–Kier alpha value is -2.89. The molecule has 2 aromatic rings. The average molecular weight is 367 g/mol. The number of nitrogens with one attached hydrogen (secondary N) is 2. The lowest BCUT2D eigenvalue weighted by Crippen LogP contribution is -2.12. The fourth-order valence-electron chi connectivity index (χ4n) is 4.06. The fourth-order valence-corrected chi connectivity index (χ4v) is 4.06. The van der Waals surface area contributed by atoms with Gasteiger partial charge in [0.25, 0.3) is 5.91 Å². The third-order valence-electron chi connectivity index (χ3n) is 5.37. The fraction of sp³-hybridized carbons (Fsp3) is 0.333. The highest BCUT2D eigenvalue weighted by atomic mass is 19.1. The maximum absolute atomic E-state index is 13.7. The Labute approximate surface area is 156 Å². The second kappa shape index (κ2) is 7.02. The second-order valence-corrected chi connectivity index (χ2v) is 7.20. The normalized spacial score (nSPS) is 17.4. The number of carbonyl (C=O) groups excluding carboxylic acids is 2. The van der Waals surface area contributed by atoms with E-state index in [1.54, 1.807) is 12.1 Å². The van der Waals surface area contributed by atoms with E-state index in [0.29, 0.717) is 23.2 Å². The van der Waals surface area contributed by atoms with Gasteiger partial charge in [0.15, 0.2) is 0 Å². The maximum Gasteiger partial charge on any atom is 0.256 e. The van der Waals surface area contributed by atoms with Crippen molar-refractivity contribution in [2.45, 2.75) is 44.9 Å². The van der Waals surface area contributed by atoms with Crippen LogP contribution in [0.5, 0.6) is 0 Å². The van der Waals surface area contributed by atoms with Crippen molar-refractivity contribution in [1.82, 2.24) is 4.98 Å². The number of nitrogens with two attached hydrogens (primary N) is 1. The van der Waals surface area contributed by atoms with E-state index in [1.807, 2.05) is 0 Å². The molecule has 0 saturated heterocycles. The van der Waals surface area contributed by atoms with Gasteiger partial charge in [-0.25, -0.2) is 4.39 Å². The molecule has 140 valence electrons. The van der Waals surface area contributed by atoms with Gasteiger partial charge in [-0.1, -0.05) is 6.42 Å². The van der Waals surface area contributed by atoms with Gasteiger partial charge in [-0.15, -0.1) is 0 Å². The Bertz CT molecular complexity index is 959. The predicted octanol–water partition coefficient (Wildman–Crippen LogP) is 3.33. The quantitative estimate of drug-likeness (QED) is 0.572. The van der Waals surface area contributed by atoms with E-state index < -0.39 is 0 Å². The summed E-state index contributed by atoms with van der Waals surface area (Å²) >= 11 is 0. The molecule has 0 spiro atoms. The van der Waals surface area contributed by atoms with Gasteiger partial charge in [0.1, 0.15) is 5.82 Å². The number of aryl methyl sites for hydroxylation is 1. The Kier molecular flexibility index (Phi) is 4.56. The first-order valence-electron chi connectivity index (χ1n) is 9.37. The van der Waals surface area contributed by atoms with Crippen LogP contribution in [-0.2, 0) is 28.9 Å². The number of aromatic nitrogens is 1. The van der Waals surface area contributed by atoms with E-state index in [4.69, 9.17) is 5.73 Å². The number of hydrogen-bond donors (Lipinski definition) is 3. The summed E-state index contributed by atoms with van der Waals surface area (Å²) < 4.78 is 13.7. The molecule has 1 aliphatic heterocycles. The number of anilines is 1. The molecule has 0 fully saturated rings. The topological polar surface area (TPSA) is 88.0 Å². The highest BCUT2D eigenvalue weighted by Crippen LogP contribution is 2.35. The average Bonchev–Trinajstić information content (AvgIpc) is 2.99. The third-order valence-corrected chi connectivity index (χ3v) is 5.37. The number of primary amides is 1. The lowest BCUT2D eigenvalue weighted by molar-refractivity contribution is -0.118. The van der Waals surface area contributed by atoms with E-state index in [9.17, 15) is 14.0 Å². The third kappa shape index (κ3) is 3.39. The molecule has 1 aromatic carbocycles. The first-order valence-corrected chi connectivity index (χ1v) is 9.37. The molecular formula is C21H22FN3O2. The molecule has 27 heavy (non-hydrogen) atoms. The zero-order valence-corrected chi connectivity index (χ0v) is 15.0. The number of hydrogen-bond acceptors (Lipinski definition) is 2. The van der Waals surface area contributed by atoms with Crippen LogP contribution in [0.25, 0.3) is 11.6 Å². The molecule has 0 radical (unpaired) electrons. The van der Waals surface area contributed by atoms with Gasteiger partial charge in [0, 0.05) is 29.1 Å². The standard InChI is InChI=1S/C21H22FN3O2/c22-12-6-8-18-15(10-12)16(21(27)25-18)11-19-14(7-9-20(23)26)13-4-2-1-3-5-17(13)24-19/h6,8,10-11,24H,1-5,7,9H2,(H2,23,26)(H,25,27)/b16-11-. The van der Waals surface area contributed by atoms with Crippen LogP contribution in [0.1, 0.15) is 53.8 Å². The van der Waals surface area contributed by atoms with Crippen LogP contribution in [0.15, 0.2) is 18.2 Å². The second-order valence-electron chi connectivity index (χ2n) is 7.20. The molecule has 0 atom stereocenters. The molecule has 0 unspecified atom stereocenters. The van der Waals surface area contributed by atoms with Crippen LogP contribution in [-0.4, -0.2) is 16.8 Å². The summed E-state index contributed by atoms with van der Waals surface area (Å²) in [6.45, 7) is 0. The number of H-pyrrole nitrogens is 1. The number of fused-ring (bicyclic) bond motifs is 2. The van der Waals surface area contributed by atoms with Gasteiger partial charge in [-0.05, 0) is 67.5 Å². The van der Waals surface area contributed by atoms with E-state index in [0.717, 1.165) is 36.9 Å². The highest BCUT2D eigenvalue weighted by molar-refractivity contribution is 6.34. The monoisotopic (exact) mass is 367 g/mol. The predicted molar refractivity (Wildman–Crippen MR) is 102 cm³/mol. The summed E-state index contributed by atoms with van der Waals surface area (Å²) in [4.78, 5) is 27.2. The van der Waals surface area contributed by atoms with E-state index in [1.165, 1.54) is 29.8 Å². The SMILES string of the molecule is NC(=O)CCc1c(/C=C2\C(=O)Nc3ccc(F)cc32)[nH]c2c1CCCCC2. The minimum Gasteiger partial charge on any atom is -0.370 e. The molecular weight excluding hydrogens is 345 g/mol. The highest BCUT2D eigenvalue weighted by Gasteiger charge is 2.26. The summed E-state index contributed by atoms with van der Waals surface area (Å²) in [7, 11) is 0. The van der Waals surface area contributed by atoms with Crippen molar-refractivity contribution in [3.63, 3.8) is 0 Å². The molecule has 2 heterocycles. The zero-order valence-electron chi connectivity index (χ0n) is 15.0. The number of aromatic amines is 1. The van der Waals surface area contributed by atoms with Crippen molar-refractivity contribution in [3.8, 4) is 0 Å². The molecule has 5 nitrogen and oxygen atoms in total. The lowest BCUT2D eigenvalue weighted by Gasteiger charge is -2.05. The molecule has 6 heteroatoms. The van der Waals surface area contributed by atoms with E-state index >= 15 is 0 Å². The Morgan fingerprint density at radius 3 is 2.85 bits per heavy atom. The van der Waals surface area contributed by atoms with Gasteiger partial charge >= 0.3 is 0 Å². The van der Waals surface area contributed by atoms with Crippen LogP contribution in [0.2, 0.25) is 0 Å². The van der Waals surface area contributed by atoms with Crippen LogP contribution in [0.4, 0.5) is 10.1 Å². The number of carbonyl (C=O) groups is 2. The van der Waals surface area contributed by atoms with Crippen molar-refractivity contribution in [3.05, 3.63) is 52.1 Å². The Morgan fingerprint density at radius 1 is 1.22 bits per heavy atom. The maximum atomic E-state index is 13.7. The number of rotatable bonds is 4. The van der Waals surface area contributed by atoms with Crippen LogP contribution >= 0.6 is 0 Å². The Balaban J connectivity index is 1.80.